The van der Waals surface area contributed by atoms with Crippen LogP contribution in [0.1, 0.15) is 31.7 Å². The Balaban J connectivity index is 1.32. The van der Waals surface area contributed by atoms with Gasteiger partial charge in [-0.3, -0.25) is 14.6 Å². The number of rotatable bonds is 7. The molecule has 1 amide bonds. The average Bonchev–Trinajstić information content (AvgIpc) is 2.66. The zero-order valence-corrected chi connectivity index (χ0v) is 16.2. The fraction of sp³-hybridized carbons (Fsp3) is 0.667. The summed E-state index contributed by atoms with van der Waals surface area (Å²) in [4.78, 5) is 19.7. The molecule has 1 aromatic carbocycles. The highest BCUT2D eigenvalue weighted by molar-refractivity contribution is 5.78. The second kappa shape index (κ2) is 10.0. The Hall–Kier alpha value is -1.43. The first-order valence-electron chi connectivity index (χ1n) is 10.2. The van der Waals surface area contributed by atoms with Crippen LogP contribution in [0.25, 0.3) is 0 Å². The van der Waals surface area contributed by atoms with Gasteiger partial charge in [0.25, 0.3) is 0 Å². The maximum absolute atomic E-state index is 12.4. The topological polar surface area (TPSA) is 38.8 Å². The number of benzene rings is 1. The number of carbonyl (C=O) groups is 1. The van der Waals surface area contributed by atoms with Gasteiger partial charge in [-0.1, -0.05) is 37.3 Å². The summed E-state index contributed by atoms with van der Waals surface area (Å²) in [5, 5.41) is 3.26. The Bertz CT molecular complexity index is 534. The molecule has 2 saturated heterocycles. The largest absolute Gasteiger partial charge is 0.352 e. The summed E-state index contributed by atoms with van der Waals surface area (Å²) in [5.41, 5.74) is 1.37. The fourth-order valence-electron chi connectivity index (χ4n) is 4.04. The van der Waals surface area contributed by atoms with Crippen molar-refractivity contribution < 1.29 is 4.79 Å². The summed E-state index contributed by atoms with van der Waals surface area (Å²) in [6.07, 6.45) is 3.40. The first-order valence-corrected chi connectivity index (χ1v) is 10.2. The summed E-state index contributed by atoms with van der Waals surface area (Å²) >= 11 is 0. The lowest BCUT2D eigenvalue weighted by molar-refractivity contribution is -0.123. The molecule has 2 fully saturated rings. The van der Waals surface area contributed by atoms with Crippen LogP contribution in [0.5, 0.6) is 0 Å². The third-order valence-electron chi connectivity index (χ3n) is 5.57. The summed E-state index contributed by atoms with van der Waals surface area (Å²) in [6.45, 7) is 11.3. The number of piperazine rings is 1. The van der Waals surface area contributed by atoms with Gasteiger partial charge >= 0.3 is 0 Å². The molecule has 2 aliphatic heterocycles. The van der Waals surface area contributed by atoms with E-state index in [0.717, 1.165) is 58.7 Å². The zero-order chi connectivity index (χ0) is 18.2. The van der Waals surface area contributed by atoms with E-state index in [0.29, 0.717) is 12.6 Å². The fourth-order valence-corrected chi connectivity index (χ4v) is 4.04. The van der Waals surface area contributed by atoms with Gasteiger partial charge in [-0.2, -0.15) is 0 Å². The van der Waals surface area contributed by atoms with Gasteiger partial charge < -0.3 is 10.2 Å². The zero-order valence-electron chi connectivity index (χ0n) is 16.2. The molecule has 144 valence electrons. The van der Waals surface area contributed by atoms with Crippen molar-refractivity contribution in [2.45, 2.75) is 38.8 Å². The molecule has 0 aliphatic carbocycles. The van der Waals surface area contributed by atoms with Crippen molar-refractivity contribution in [3.8, 4) is 0 Å². The van der Waals surface area contributed by atoms with Crippen molar-refractivity contribution in [3.05, 3.63) is 35.9 Å². The molecule has 0 saturated carbocycles. The van der Waals surface area contributed by atoms with Crippen LogP contribution in [0.3, 0.4) is 0 Å². The van der Waals surface area contributed by atoms with Gasteiger partial charge in [-0.15, -0.1) is 0 Å². The maximum Gasteiger partial charge on any atom is 0.234 e. The molecule has 0 aromatic heterocycles. The normalized spacial score (nSPS) is 21.0. The van der Waals surface area contributed by atoms with Gasteiger partial charge in [-0.05, 0) is 31.4 Å². The van der Waals surface area contributed by atoms with E-state index in [2.05, 4.69) is 57.3 Å². The van der Waals surface area contributed by atoms with Crippen LogP contribution in [-0.2, 0) is 11.3 Å². The molecule has 0 spiro atoms. The highest BCUT2D eigenvalue weighted by atomic mass is 16.2. The van der Waals surface area contributed by atoms with E-state index in [1.807, 2.05) is 0 Å². The molecule has 0 radical (unpaired) electrons. The van der Waals surface area contributed by atoms with Crippen molar-refractivity contribution in [2.24, 2.45) is 0 Å². The van der Waals surface area contributed by atoms with Crippen molar-refractivity contribution in [1.82, 2.24) is 20.0 Å². The second-order valence-corrected chi connectivity index (χ2v) is 7.72. The van der Waals surface area contributed by atoms with Gasteiger partial charge in [0.2, 0.25) is 5.91 Å². The van der Waals surface area contributed by atoms with Gasteiger partial charge in [0.05, 0.1) is 6.54 Å². The number of amides is 1. The predicted octanol–water partition coefficient (Wildman–Crippen LogP) is 1.79. The minimum absolute atomic E-state index is 0.204. The average molecular weight is 359 g/mol. The lowest BCUT2D eigenvalue weighted by atomic mass is 10.0. The van der Waals surface area contributed by atoms with E-state index in [9.17, 15) is 4.79 Å². The Morgan fingerprint density at radius 3 is 2.27 bits per heavy atom. The van der Waals surface area contributed by atoms with Gasteiger partial charge in [0.15, 0.2) is 0 Å². The van der Waals surface area contributed by atoms with E-state index in [1.165, 1.54) is 18.5 Å². The minimum Gasteiger partial charge on any atom is -0.352 e. The number of hydrogen-bond acceptors (Lipinski definition) is 4. The van der Waals surface area contributed by atoms with Crippen LogP contribution in [0.2, 0.25) is 0 Å². The minimum atomic E-state index is 0.204. The van der Waals surface area contributed by atoms with Crippen molar-refractivity contribution in [3.63, 3.8) is 0 Å². The van der Waals surface area contributed by atoms with Crippen LogP contribution in [0.4, 0.5) is 0 Å². The highest BCUT2D eigenvalue weighted by Gasteiger charge is 2.22. The first kappa shape index (κ1) is 19.3. The second-order valence-electron chi connectivity index (χ2n) is 7.72. The van der Waals surface area contributed by atoms with Gasteiger partial charge in [0.1, 0.15) is 0 Å². The highest BCUT2D eigenvalue weighted by Crippen LogP contribution is 2.11. The molecule has 1 N–H and O–H groups in total. The SMILES string of the molecule is CCCN1CCC(NC(=O)CN2CCN(Cc3ccccc3)CC2)CC1. The van der Waals surface area contributed by atoms with Gasteiger partial charge in [-0.25, -0.2) is 0 Å². The summed E-state index contributed by atoms with van der Waals surface area (Å²) in [6, 6.07) is 11.0. The van der Waals surface area contributed by atoms with Gasteiger partial charge in [0, 0.05) is 51.9 Å². The maximum atomic E-state index is 12.4. The quantitative estimate of drug-likeness (QED) is 0.807. The molecule has 0 unspecified atom stereocenters. The van der Waals surface area contributed by atoms with Crippen LogP contribution in [0, 0.1) is 0 Å². The Kier molecular flexibility index (Phi) is 7.47. The first-order chi connectivity index (χ1) is 12.7. The Morgan fingerprint density at radius 1 is 0.962 bits per heavy atom. The van der Waals surface area contributed by atoms with Crippen molar-refractivity contribution in [2.75, 3.05) is 52.4 Å². The lowest BCUT2D eigenvalue weighted by Crippen LogP contribution is -2.51. The van der Waals surface area contributed by atoms with Crippen molar-refractivity contribution >= 4 is 5.91 Å². The standard InChI is InChI=1S/C21H34N4O/c1-2-10-23-11-8-20(9-12-23)22-21(26)18-25-15-13-24(14-16-25)17-19-6-4-3-5-7-19/h3-7,20H,2,8-18H2,1H3,(H,22,26). The van der Waals surface area contributed by atoms with E-state index >= 15 is 0 Å². The Morgan fingerprint density at radius 2 is 1.62 bits per heavy atom. The summed E-state index contributed by atoms with van der Waals surface area (Å²) in [5.74, 6) is 0.204. The molecule has 2 heterocycles. The number of nitrogens with one attached hydrogen (secondary N) is 1. The number of nitrogens with zero attached hydrogens (tertiary/aromatic N) is 3. The summed E-state index contributed by atoms with van der Waals surface area (Å²) in [7, 11) is 0. The molecule has 1 aromatic rings. The van der Waals surface area contributed by atoms with E-state index in [-0.39, 0.29) is 5.91 Å². The lowest BCUT2D eigenvalue weighted by Gasteiger charge is -2.35. The molecule has 0 bridgehead atoms. The molecular weight excluding hydrogens is 324 g/mol. The molecule has 26 heavy (non-hydrogen) atoms. The van der Waals surface area contributed by atoms with Crippen LogP contribution >= 0.6 is 0 Å². The molecule has 0 atom stereocenters. The number of likely N-dealkylation sites (tertiary alicyclic amines) is 1. The number of hydrogen-bond donors (Lipinski definition) is 1. The molecule has 5 heteroatoms. The molecular formula is C21H34N4O. The third-order valence-corrected chi connectivity index (χ3v) is 5.57. The molecule has 3 rings (SSSR count). The number of carbonyl (C=O) groups excluding carboxylic acids is 1. The Labute approximate surface area is 158 Å². The number of piperidine rings is 1. The van der Waals surface area contributed by atoms with Crippen LogP contribution in [-0.4, -0.2) is 79.0 Å². The molecule has 5 nitrogen and oxygen atoms in total. The van der Waals surface area contributed by atoms with Crippen LogP contribution in [0.15, 0.2) is 30.3 Å². The third kappa shape index (κ3) is 6.08. The monoisotopic (exact) mass is 358 g/mol. The summed E-state index contributed by atoms with van der Waals surface area (Å²) < 4.78 is 0. The molecule has 2 aliphatic rings. The predicted molar refractivity (Wildman–Crippen MR) is 106 cm³/mol. The van der Waals surface area contributed by atoms with E-state index in [4.69, 9.17) is 0 Å². The van der Waals surface area contributed by atoms with E-state index in [1.54, 1.807) is 0 Å². The van der Waals surface area contributed by atoms with E-state index < -0.39 is 0 Å². The van der Waals surface area contributed by atoms with Crippen molar-refractivity contribution in [1.29, 1.82) is 0 Å². The smallest absolute Gasteiger partial charge is 0.234 e. The van der Waals surface area contributed by atoms with Crippen LogP contribution < -0.4 is 5.32 Å².